The molecule has 1 aliphatic rings. The van der Waals surface area contributed by atoms with Crippen molar-refractivity contribution in [2.45, 2.75) is 45.6 Å². The Bertz CT molecular complexity index is 709. The molecular formula is C20H26F4N2O3. The van der Waals surface area contributed by atoms with Crippen molar-refractivity contribution in [2.75, 3.05) is 26.2 Å². The van der Waals surface area contributed by atoms with Crippen molar-refractivity contribution in [2.24, 2.45) is 5.92 Å². The lowest BCUT2D eigenvalue weighted by molar-refractivity contribution is -0.150. The Morgan fingerprint density at radius 2 is 2.00 bits per heavy atom. The smallest absolute Gasteiger partial charge is 0.370 e. The first-order valence-electron chi connectivity index (χ1n) is 9.52. The Labute approximate surface area is 167 Å². The lowest BCUT2D eigenvalue weighted by Crippen LogP contribution is -2.40. The fourth-order valence-corrected chi connectivity index (χ4v) is 3.14. The minimum atomic E-state index is -4.44. The molecule has 2 amide bonds. The Kier molecular flexibility index (Phi) is 8.01. The molecule has 0 N–H and O–H groups in total. The van der Waals surface area contributed by atoms with Crippen LogP contribution in [0.1, 0.15) is 32.3 Å². The van der Waals surface area contributed by atoms with E-state index in [1.54, 1.807) is 17.0 Å². The molecule has 162 valence electrons. The van der Waals surface area contributed by atoms with Crippen LogP contribution < -0.4 is 0 Å². The van der Waals surface area contributed by atoms with Gasteiger partial charge in [-0.1, -0.05) is 26.0 Å². The van der Waals surface area contributed by atoms with Crippen LogP contribution in [-0.2, 0) is 20.9 Å². The molecule has 0 bridgehead atoms. The molecule has 0 radical (unpaired) electrons. The molecular weight excluding hydrogens is 392 g/mol. The van der Waals surface area contributed by atoms with Gasteiger partial charge < -0.3 is 14.5 Å². The first kappa shape index (κ1) is 23.1. The molecule has 5 nitrogen and oxygen atoms in total. The fraction of sp³-hybridized carbons (Fsp3) is 0.600. The molecule has 2 rings (SSSR count). The van der Waals surface area contributed by atoms with Crippen molar-refractivity contribution >= 4 is 11.8 Å². The first-order chi connectivity index (χ1) is 13.5. The molecule has 9 heteroatoms. The molecule has 1 heterocycles. The van der Waals surface area contributed by atoms with Crippen LogP contribution >= 0.6 is 0 Å². The molecule has 1 fully saturated rings. The van der Waals surface area contributed by atoms with Gasteiger partial charge in [0.15, 0.2) is 0 Å². The van der Waals surface area contributed by atoms with Gasteiger partial charge >= 0.3 is 6.18 Å². The van der Waals surface area contributed by atoms with Crippen molar-refractivity contribution in [3.8, 4) is 0 Å². The van der Waals surface area contributed by atoms with Gasteiger partial charge in [-0.05, 0) is 23.6 Å². The molecule has 0 aromatic heterocycles. The van der Waals surface area contributed by atoms with E-state index in [4.69, 9.17) is 4.74 Å². The topological polar surface area (TPSA) is 49.9 Å². The third-order valence-electron chi connectivity index (χ3n) is 4.46. The van der Waals surface area contributed by atoms with Crippen LogP contribution in [0.15, 0.2) is 24.3 Å². The summed E-state index contributed by atoms with van der Waals surface area (Å²) in [6.45, 7) is 4.34. The van der Waals surface area contributed by atoms with Crippen LogP contribution in [0.25, 0.3) is 0 Å². The van der Waals surface area contributed by atoms with E-state index in [-0.39, 0.29) is 38.1 Å². The van der Waals surface area contributed by atoms with Crippen LogP contribution in [0.5, 0.6) is 0 Å². The van der Waals surface area contributed by atoms with E-state index >= 15 is 0 Å². The zero-order valence-corrected chi connectivity index (χ0v) is 16.5. The summed E-state index contributed by atoms with van der Waals surface area (Å²) in [6, 6.07) is 5.85. The second-order valence-electron chi connectivity index (χ2n) is 7.64. The van der Waals surface area contributed by atoms with E-state index in [0.717, 1.165) is 4.90 Å². The quantitative estimate of drug-likeness (QED) is 0.638. The van der Waals surface area contributed by atoms with Crippen LogP contribution in [0.2, 0.25) is 0 Å². The summed E-state index contributed by atoms with van der Waals surface area (Å²) in [5.41, 5.74) is 0.589. The number of amides is 2. The molecule has 1 saturated heterocycles. The predicted octanol–water partition coefficient (Wildman–Crippen LogP) is 3.38. The summed E-state index contributed by atoms with van der Waals surface area (Å²) in [5, 5.41) is 0. The number of rotatable bonds is 7. The Balaban J connectivity index is 2.09. The Hall–Kier alpha value is -2.16. The molecule has 0 aliphatic carbocycles. The van der Waals surface area contributed by atoms with E-state index in [1.165, 1.54) is 12.1 Å². The number of carbonyl (C=O) groups excluding carboxylic acids is 2. The zero-order valence-electron chi connectivity index (χ0n) is 16.5. The maximum Gasteiger partial charge on any atom is 0.389 e. The molecule has 1 atom stereocenters. The monoisotopic (exact) mass is 418 g/mol. The number of alkyl halides is 3. The molecule has 0 saturated carbocycles. The molecule has 29 heavy (non-hydrogen) atoms. The highest BCUT2D eigenvalue weighted by Crippen LogP contribution is 2.22. The van der Waals surface area contributed by atoms with E-state index < -0.39 is 36.8 Å². The highest BCUT2D eigenvalue weighted by atomic mass is 19.4. The van der Waals surface area contributed by atoms with Crippen molar-refractivity contribution in [1.29, 1.82) is 0 Å². The highest BCUT2D eigenvalue weighted by Gasteiger charge is 2.33. The van der Waals surface area contributed by atoms with E-state index in [9.17, 15) is 27.2 Å². The minimum absolute atomic E-state index is 0.00629. The first-order valence-corrected chi connectivity index (χ1v) is 9.52. The van der Waals surface area contributed by atoms with Gasteiger partial charge in [0.05, 0.1) is 25.7 Å². The van der Waals surface area contributed by atoms with Gasteiger partial charge in [0, 0.05) is 26.1 Å². The molecule has 1 aromatic carbocycles. The fourth-order valence-electron chi connectivity index (χ4n) is 3.14. The normalized spacial score (nSPS) is 18.3. The summed E-state index contributed by atoms with van der Waals surface area (Å²) in [4.78, 5) is 27.5. The summed E-state index contributed by atoms with van der Waals surface area (Å²) in [6.07, 6.45) is -6.97. The number of carbonyl (C=O) groups is 2. The van der Waals surface area contributed by atoms with Gasteiger partial charge in [0.2, 0.25) is 11.8 Å². The van der Waals surface area contributed by atoms with E-state index in [1.807, 2.05) is 13.8 Å². The number of hydrogen-bond acceptors (Lipinski definition) is 3. The standard InChI is InChI=1S/C20H26F4N2O3/c1-14(2)9-25-10-17(29-13-15-4-3-5-16(21)8-15)11-26(12-19(25)28)18(27)6-7-20(22,23)24/h3-5,8,14,17H,6-7,9-13H2,1-2H3/t17-/m1/s1. The predicted molar refractivity (Wildman–Crippen MR) is 98.3 cm³/mol. The number of nitrogens with zero attached hydrogens (tertiary/aromatic N) is 2. The summed E-state index contributed by atoms with van der Waals surface area (Å²) in [5.74, 6) is -1.29. The number of ether oxygens (including phenoxy) is 1. The largest absolute Gasteiger partial charge is 0.389 e. The van der Waals surface area contributed by atoms with Gasteiger partial charge in [0.1, 0.15) is 5.82 Å². The lowest BCUT2D eigenvalue weighted by atomic mass is 10.2. The molecule has 0 spiro atoms. The SMILES string of the molecule is CC(C)CN1C[C@@H](OCc2cccc(F)c2)CN(C(=O)CCC(F)(F)F)CC1=O. The van der Waals surface area contributed by atoms with Crippen molar-refractivity contribution in [3.05, 3.63) is 35.6 Å². The van der Waals surface area contributed by atoms with Crippen LogP contribution in [0.4, 0.5) is 17.6 Å². The van der Waals surface area contributed by atoms with Crippen molar-refractivity contribution in [1.82, 2.24) is 9.80 Å². The number of hydrogen-bond donors (Lipinski definition) is 0. The maximum absolute atomic E-state index is 13.4. The number of halogens is 4. The van der Waals surface area contributed by atoms with Gasteiger partial charge in [-0.3, -0.25) is 9.59 Å². The van der Waals surface area contributed by atoms with E-state index in [0.29, 0.717) is 12.1 Å². The third-order valence-corrected chi connectivity index (χ3v) is 4.46. The van der Waals surface area contributed by atoms with Gasteiger partial charge in [-0.15, -0.1) is 0 Å². The number of benzene rings is 1. The molecule has 0 unspecified atom stereocenters. The highest BCUT2D eigenvalue weighted by molar-refractivity contribution is 5.85. The van der Waals surface area contributed by atoms with E-state index in [2.05, 4.69) is 0 Å². The Morgan fingerprint density at radius 3 is 2.62 bits per heavy atom. The minimum Gasteiger partial charge on any atom is -0.370 e. The van der Waals surface area contributed by atoms with Gasteiger partial charge in [-0.2, -0.15) is 13.2 Å². The lowest BCUT2D eigenvalue weighted by Gasteiger charge is -2.26. The van der Waals surface area contributed by atoms with Crippen LogP contribution in [-0.4, -0.2) is 60.1 Å². The van der Waals surface area contributed by atoms with Crippen LogP contribution in [0, 0.1) is 11.7 Å². The van der Waals surface area contributed by atoms with Crippen LogP contribution in [0.3, 0.4) is 0 Å². The second kappa shape index (κ2) is 10.0. The van der Waals surface area contributed by atoms with Gasteiger partial charge in [0.25, 0.3) is 0 Å². The maximum atomic E-state index is 13.4. The third kappa shape index (κ3) is 8.00. The summed E-state index contributed by atoms with van der Waals surface area (Å²) >= 11 is 0. The van der Waals surface area contributed by atoms with Crippen molar-refractivity contribution in [3.63, 3.8) is 0 Å². The Morgan fingerprint density at radius 1 is 1.28 bits per heavy atom. The average molecular weight is 418 g/mol. The summed E-state index contributed by atoms with van der Waals surface area (Å²) in [7, 11) is 0. The molecule has 1 aliphatic heterocycles. The van der Waals surface area contributed by atoms with Gasteiger partial charge in [-0.25, -0.2) is 4.39 Å². The second-order valence-corrected chi connectivity index (χ2v) is 7.64. The zero-order chi connectivity index (χ0) is 21.6. The molecule has 1 aromatic rings. The average Bonchev–Trinajstić information content (AvgIpc) is 2.76. The summed E-state index contributed by atoms with van der Waals surface area (Å²) < 4.78 is 56.5. The van der Waals surface area contributed by atoms with Crippen molar-refractivity contribution < 1.29 is 31.9 Å².